The van der Waals surface area contributed by atoms with Crippen LogP contribution in [0, 0.1) is 0 Å². The van der Waals surface area contributed by atoms with E-state index in [0.29, 0.717) is 6.42 Å². The molecule has 0 spiro atoms. The Morgan fingerprint density at radius 3 is 2.48 bits per heavy atom. The van der Waals surface area contributed by atoms with E-state index in [1.807, 2.05) is 0 Å². The van der Waals surface area contributed by atoms with Crippen LogP contribution in [-0.4, -0.2) is 36.1 Å². The zero-order valence-corrected chi connectivity index (χ0v) is 15.3. The van der Waals surface area contributed by atoms with E-state index in [1.165, 1.54) is 11.5 Å². The fourth-order valence-electron chi connectivity index (χ4n) is 2.17. The Bertz CT molecular complexity index is 533. The Morgan fingerprint density at radius 2 is 1.95 bits per heavy atom. The molecule has 5 nitrogen and oxygen atoms in total. The first-order chi connectivity index (χ1) is 9.71. The van der Waals surface area contributed by atoms with E-state index in [9.17, 15) is 8.42 Å². The lowest BCUT2D eigenvalue weighted by atomic mass is 9.89. The molecule has 1 heterocycles. The van der Waals surface area contributed by atoms with Crippen molar-refractivity contribution in [2.24, 2.45) is 0 Å². The van der Waals surface area contributed by atoms with Gasteiger partial charge in [0, 0.05) is 17.2 Å². The fraction of sp³-hybridized carbons (Fsp3) is 0.857. The van der Waals surface area contributed by atoms with Crippen molar-refractivity contribution in [1.82, 2.24) is 14.9 Å². The van der Waals surface area contributed by atoms with Crippen LogP contribution in [0.4, 0.5) is 0 Å². The maximum atomic E-state index is 11.6. The lowest BCUT2D eigenvalue weighted by Crippen LogP contribution is -2.25. The van der Waals surface area contributed by atoms with Crippen LogP contribution in [0.1, 0.15) is 64.1 Å². The fourth-order valence-corrected chi connectivity index (χ4v) is 4.04. The van der Waals surface area contributed by atoms with Gasteiger partial charge in [-0.2, -0.15) is 0 Å². The second-order valence-electron chi connectivity index (χ2n) is 6.22. The van der Waals surface area contributed by atoms with E-state index in [0.717, 1.165) is 23.5 Å². The second kappa shape index (κ2) is 7.65. The normalized spacial score (nSPS) is 14.3. The first-order valence-corrected chi connectivity index (χ1v) is 10.1. The van der Waals surface area contributed by atoms with Crippen LogP contribution in [-0.2, 0) is 15.3 Å². The van der Waals surface area contributed by atoms with Crippen LogP contribution in [0.25, 0.3) is 0 Å². The molecule has 0 bridgehead atoms. The molecule has 1 rings (SSSR count). The first-order valence-electron chi connectivity index (χ1n) is 7.47. The molecule has 0 aliphatic rings. The summed E-state index contributed by atoms with van der Waals surface area (Å²) in [5.41, 5.74) is 0.961. The molecule has 1 aromatic rings. The molecule has 0 aliphatic heterocycles. The highest BCUT2D eigenvalue weighted by Gasteiger charge is 2.27. The lowest BCUT2D eigenvalue weighted by molar-refractivity contribution is 0.489. The maximum Gasteiger partial charge on any atom is 0.150 e. The summed E-state index contributed by atoms with van der Waals surface area (Å²) >= 11 is 1.42. The molecule has 1 atom stereocenters. The minimum Gasteiger partial charge on any atom is -0.309 e. The number of hydrogen-bond donors (Lipinski definition) is 1. The highest BCUT2D eigenvalue weighted by atomic mass is 32.2. The van der Waals surface area contributed by atoms with Crippen LogP contribution in [0.3, 0.4) is 0 Å². The zero-order chi connectivity index (χ0) is 16.1. The summed E-state index contributed by atoms with van der Waals surface area (Å²) in [5.74, 6) is 0.469. The number of sulfone groups is 1. The van der Waals surface area contributed by atoms with Crippen LogP contribution < -0.4 is 5.32 Å². The van der Waals surface area contributed by atoms with Gasteiger partial charge < -0.3 is 5.32 Å². The molecule has 1 unspecified atom stereocenters. The smallest absolute Gasteiger partial charge is 0.150 e. The third-order valence-corrected chi connectivity index (χ3v) is 6.01. The van der Waals surface area contributed by atoms with E-state index in [4.69, 9.17) is 0 Å². The number of hydrogen-bond acceptors (Lipinski definition) is 6. The molecule has 122 valence electrons. The highest BCUT2D eigenvalue weighted by molar-refractivity contribution is 7.91. The van der Waals surface area contributed by atoms with Crippen molar-refractivity contribution >= 4 is 21.4 Å². The van der Waals surface area contributed by atoms with Crippen LogP contribution in [0.5, 0.6) is 0 Å². The Kier molecular flexibility index (Phi) is 6.74. The standard InChI is InChI=1S/C14H27N3O2S2/c1-6-15-11(9-8-10-21(18,19)7-2)12-13(14(3,4)5)16-17-20-12/h11,15H,6-10H2,1-5H3. The molecule has 1 N–H and O–H groups in total. The first kappa shape index (κ1) is 18.5. The Hall–Kier alpha value is -0.530. The van der Waals surface area contributed by atoms with E-state index in [2.05, 4.69) is 42.6 Å². The average molecular weight is 334 g/mol. The van der Waals surface area contributed by atoms with Gasteiger partial charge in [-0.1, -0.05) is 39.1 Å². The van der Waals surface area contributed by atoms with E-state index >= 15 is 0 Å². The van der Waals surface area contributed by atoms with Gasteiger partial charge in [-0.25, -0.2) is 8.42 Å². The third kappa shape index (κ3) is 5.64. The monoisotopic (exact) mass is 333 g/mol. The number of nitrogens with one attached hydrogen (secondary N) is 1. The Balaban J connectivity index is 2.81. The summed E-state index contributed by atoms with van der Waals surface area (Å²) in [6.07, 6.45) is 1.45. The SMILES string of the molecule is CCNC(CCCS(=O)(=O)CC)c1snnc1C(C)(C)C. The molecule has 0 saturated carbocycles. The molecular formula is C14H27N3O2S2. The van der Waals surface area contributed by atoms with Crippen molar-refractivity contribution in [1.29, 1.82) is 0 Å². The Labute approximate surface area is 132 Å². The molecule has 0 amide bonds. The molecule has 21 heavy (non-hydrogen) atoms. The van der Waals surface area contributed by atoms with Gasteiger partial charge in [-0.3, -0.25) is 0 Å². The molecular weight excluding hydrogens is 306 g/mol. The van der Waals surface area contributed by atoms with E-state index in [-0.39, 0.29) is 23.0 Å². The average Bonchev–Trinajstić information content (AvgIpc) is 2.86. The van der Waals surface area contributed by atoms with Crippen molar-refractivity contribution < 1.29 is 8.42 Å². The van der Waals surface area contributed by atoms with Gasteiger partial charge in [0.1, 0.15) is 9.84 Å². The summed E-state index contributed by atoms with van der Waals surface area (Å²) in [4.78, 5) is 1.14. The van der Waals surface area contributed by atoms with Gasteiger partial charge in [-0.05, 0) is 30.9 Å². The van der Waals surface area contributed by atoms with Gasteiger partial charge in [0.2, 0.25) is 0 Å². The summed E-state index contributed by atoms with van der Waals surface area (Å²) in [7, 11) is -2.89. The molecule has 0 saturated heterocycles. The molecule has 0 fully saturated rings. The van der Waals surface area contributed by atoms with E-state index < -0.39 is 9.84 Å². The van der Waals surface area contributed by atoms with Crippen molar-refractivity contribution in [3.8, 4) is 0 Å². The number of nitrogens with zero attached hydrogens (tertiary/aromatic N) is 2. The number of aromatic nitrogens is 2. The highest BCUT2D eigenvalue weighted by Crippen LogP contribution is 2.32. The molecule has 0 aliphatic carbocycles. The lowest BCUT2D eigenvalue weighted by Gasteiger charge is -2.22. The van der Waals surface area contributed by atoms with Crippen LogP contribution in [0.2, 0.25) is 0 Å². The molecule has 1 aromatic heterocycles. The number of rotatable bonds is 8. The summed E-state index contributed by atoms with van der Waals surface area (Å²) in [6, 6.07) is 0.135. The predicted molar refractivity (Wildman–Crippen MR) is 88.6 cm³/mol. The van der Waals surface area contributed by atoms with Crippen LogP contribution >= 0.6 is 11.5 Å². The van der Waals surface area contributed by atoms with Gasteiger partial charge in [0.05, 0.1) is 16.3 Å². The summed E-state index contributed by atoms with van der Waals surface area (Å²) < 4.78 is 27.3. The Morgan fingerprint density at radius 1 is 1.29 bits per heavy atom. The van der Waals surface area contributed by atoms with Gasteiger partial charge >= 0.3 is 0 Å². The predicted octanol–water partition coefficient (Wildman–Crippen LogP) is 2.70. The van der Waals surface area contributed by atoms with Crippen molar-refractivity contribution in [3.05, 3.63) is 10.6 Å². The quantitative estimate of drug-likeness (QED) is 0.792. The zero-order valence-electron chi connectivity index (χ0n) is 13.6. The molecule has 0 aromatic carbocycles. The summed E-state index contributed by atoms with van der Waals surface area (Å²) in [6.45, 7) is 11.0. The van der Waals surface area contributed by atoms with Gasteiger partial charge in [-0.15, -0.1) is 5.10 Å². The minimum atomic E-state index is -2.89. The largest absolute Gasteiger partial charge is 0.309 e. The van der Waals surface area contributed by atoms with Crippen molar-refractivity contribution in [3.63, 3.8) is 0 Å². The third-order valence-electron chi connectivity index (χ3n) is 3.38. The van der Waals surface area contributed by atoms with Gasteiger partial charge in [0.25, 0.3) is 0 Å². The molecule has 7 heteroatoms. The van der Waals surface area contributed by atoms with Gasteiger partial charge in [0.15, 0.2) is 0 Å². The topological polar surface area (TPSA) is 72.0 Å². The van der Waals surface area contributed by atoms with Crippen LogP contribution in [0.15, 0.2) is 0 Å². The second-order valence-corrected chi connectivity index (χ2v) is 9.48. The minimum absolute atomic E-state index is 0.0501. The van der Waals surface area contributed by atoms with E-state index in [1.54, 1.807) is 6.92 Å². The van der Waals surface area contributed by atoms with Crippen molar-refractivity contribution in [2.45, 2.75) is 58.9 Å². The summed E-state index contributed by atoms with van der Waals surface area (Å²) in [5, 5.41) is 7.71. The molecule has 0 radical (unpaired) electrons. The maximum absolute atomic E-state index is 11.6. The van der Waals surface area contributed by atoms with Crippen molar-refractivity contribution in [2.75, 3.05) is 18.1 Å².